The second-order valence-corrected chi connectivity index (χ2v) is 12.4. The minimum atomic E-state index is -1.13. The Morgan fingerprint density at radius 2 is 1.82 bits per heavy atom. The minimum Gasteiger partial charge on any atom is -0.494 e. The fraction of sp³-hybridized carbons (Fsp3) is 0.700. The van der Waals surface area contributed by atoms with Gasteiger partial charge in [0.05, 0.1) is 36.7 Å². The molecule has 0 radical (unpaired) electrons. The lowest BCUT2D eigenvalue weighted by molar-refractivity contribution is -0.152. The van der Waals surface area contributed by atoms with Crippen LogP contribution in [0, 0.1) is 17.8 Å². The Kier molecular flexibility index (Phi) is 8.07. The zero-order valence-corrected chi connectivity index (χ0v) is 24.4. The number of carbonyl (C=O) groups is 3. The molecular formula is C30H45N3O6. The van der Waals surface area contributed by atoms with Gasteiger partial charge in [-0.2, -0.15) is 0 Å². The number of amides is 3. The van der Waals surface area contributed by atoms with Gasteiger partial charge < -0.3 is 30.1 Å². The summed E-state index contributed by atoms with van der Waals surface area (Å²) in [6.07, 6.45) is 2.35. The number of hydrogen-bond acceptors (Lipinski definition) is 6. The van der Waals surface area contributed by atoms with Gasteiger partial charge >= 0.3 is 0 Å². The number of nitrogens with one attached hydrogen (secondary N) is 2. The number of likely N-dealkylation sites (tertiary alicyclic amines) is 1. The monoisotopic (exact) mass is 543 g/mol. The van der Waals surface area contributed by atoms with E-state index < -0.39 is 40.7 Å². The predicted octanol–water partition coefficient (Wildman–Crippen LogP) is 3.50. The van der Waals surface area contributed by atoms with Gasteiger partial charge in [0.2, 0.25) is 17.7 Å². The fourth-order valence-corrected chi connectivity index (χ4v) is 6.98. The van der Waals surface area contributed by atoms with E-state index in [0.29, 0.717) is 37.3 Å². The van der Waals surface area contributed by atoms with Crippen LogP contribution >= 0.6 is 0 Å². The molecule has 9 heteroatoms. The summed E-state index contributed by atoms with van der Waals surface area (Å²) >= 11 is 0. The molecule has 1 aromatic rings. The Bertz CT molecular complexity index is 1090. The van der Waals surface area contributed by atoms with Gasteiger partial charge in [-0.25, -0.2) is 0 Å². The van der Waals surface area contributed by atoms with Crippen molar-refractivity contribution in [2.75, 3.05) is 18.5 Å². The first-order valence-corrected chi connectivity index (χ1v) is 14.4. The number of nitrogens with zero attached hydrogens (tertiary/aromatic N) is 1. The molecule has 0 aliphatic carbocycles. The molecule has 1 aromatic carbocycles. The molecule has 1 spiro atoms. The maximum absolute atomic E-state index is 14.4. The fourth-order valence-electron chi connectivity index (χ4n) is 6.98. The second kappa shape index (κ2) is 10.7. The number of benzene rings is 1. The van der Waals surface area contributed by atoms with Crippen LogP contribution < -0.4 is 15.4 Å². The van der Waals surface area contributed by atoms with Crippen LogP contribution in [0.4, 0.5) is 5.69 Å². The summed E-state index contributed by atoms with van der Waals surface area (Å²) in [5.41, 5.74) is -1.91. The first kappa shape index (κ1) is 29.3. The van der Waals surface area contributed by atoms with Crippen molar-refractivity contribution in [3.05, 3.63) is 24.3 Å². The Morgan fingerprint density at radius 1 is 1.15 bits per heavy atom. The van der Waals surface area contributed by atoms with Crippen LogP contribution in [-0.2, 0) is 19.1 Å². The predicted molar refractivity (Wildman–Crippen MR) is 148 cm³/mol. The lowest BCUT2D eigenvalue weighted by Crippen LogP contribution is -2.61. The molecule has 0 saturated carbocycles. The molecular weight excluding hydrogens is 498 g/mol. The highest BCUT2D eigenvalue weighted by atomic mass is 16.5. The van der Waals surface area contributed by atoms with E-state index in [1.165, 1.54) is 0 Å². The number of fused-ring (bicyclic) bond motifs is 1. The summed E-state index contributed by atoms with van der Waals surface area (Å²) in [6, 6.07) is 5.64. The molecule has 7 atom stereocenters. The first-order chi connectivity index (χ1) is 18.4. The standard InChI is InChI=1S/C30H45N3O6/c1-8-18(4)21(17-34)33-24(26(36)32-28(5,6)7)30-16-15-29(9-2,39-30)22(23(30)27(33)37)25(35)31-19-11-13-20(14-12-19)38-10-3/h11-14,18,21-24,34H,8-10,15-17H2,1-7H3,(H,31,35)(H,32,36)/t18-,21-,22-,23-,24?,29+,30?/m0/s1. The number of hydrogen-bond donors (Lipinski definition) is 3. The molecule has 3 heterocycles. The molecule has 2 unspecified atom stereocenters. The van der Waals surface area contributed by atoms with Gasteiger partial charge in [0.15, 0.2) is 0 Å². The van der Waals surface area contributed by atoms with Crippen LogP contribution in [0.15, 0.2) is 24.3 Å². The lowest BCUT2D eigenvalue weighted by atomic mass is 9.65. The van der Waals surface area contributed by atoms with E-state index in [0.717, 1.165) is 6.42 Å². The molecule has 3 saturated heterocycles. The first-order valence-electron chi connectivity index (χ1n) is 14.4. The van der Waals surface area contributed by atoms with Crippen LogP contribution in [0.25, 0.3) is 0 Å². The van der Waals surface area contributed by atoms with Gasteiger partial charge in [-0.15, -0.1) is 0 Å². The van der Waals surface area contributed by atoms with Crippen molar-refractivity contribution in [1.29, 1.82) is 0 Å². The average Bonchev–Trinajstić information content (AvgIpc) is 3.48. The summed E-state index contributed by atoms with van der Waals surface area (Å²) in [4.78, 5) is 43.8. The van der Waals surface area contributed by atoms with Crippen molar-refractivity contribution >= 4 is 23.4 Å². The van der Waals surface area contributed by atoms with Gasteiger partial charge in [-0.05, 0) is 77.1 Å². The van der Waals surface area contributed by atoms with Crippen molar-refractivity contribution in [2.24, 2.45) is 17.8 Å². The van der Waals surface area contributed by atoms with Crippen molar-refractivity contribution in [1.82, 2.24) is 10.2 Å². The number of aliphatic hydroxyl groups excluding tert-OH is 1. The van der Waals surface area contributed by atoms with Crippen molar-refractivity contribution in [2.45, 2.75) is 103 Å². The van der Waals surface area contributed by atoms with Gasteiger partial charge in [0, 0.05) is 11.2 Å². The highest BCUT2D eigenvalue weighted by molar-refractivity contribution is 6.02. The maximum atomic E-state index is 14.4. The maximum Gasteiger partial charge on any atom is 0.246 e. The summed E-state index contributed by atoms with van der Waals surface area (Å²) in [5.74, 6) is -1.80. The molecule has 3 aliphatic heterocycles. The number of aliphatic hydroxyl groups is 1. The quantitative estimate of drug-likeness (QED) is 0.416. The van der Waals surface area contributed by atoms with Gasteiger partial charge in [-0.3, -0.25) is 14.4 Å². The normalized spacial score (nSPS) is 31.1. The summed E-state index contributed by atoms with van der Waals surface area (Å²) in [5, 5.41) is 16.5. The summed E-state index contributed by atoms with van der Waals surface area (Å²) in [7, 11) is 0. The van der Waals surface area contributed by atoms with E-state index in [1.807, 2.05) is 48.5 Å². The number of anilines is 1. The van der Waals surface area contributed by atoms with Crippen molar-refractivity contribution in [3.63, 3.8) is 0 Å². The molecule has 3 aliphatic rings. The summed E-state index contributed by atoms with van der Waals surface area (Å²) < 4.78 is 12.3. The molecule has 39 heavy (non-hydrogen) atoms. The van der Waals surface area contributed by atoms with Crippen LogP contribution in [0.3, 0.4) is 0 Å². The van der Waals surface area contributed by atoms with E-state index in [1.54, 1.807) is 29.2 Å². The molecule has 3 N–H and O–H groups in total. The largest absolute Gasteiger partial charge is 0.494 e. The molecule has 2 bridgehead atoms. The Morgan fingerprint density at radius 3 is 2.36 bits per heavy atom. The molecule has 4 rings (SSSR count). The van der Waals surface area contributed by atoms with Gasteiger partial charge in [0.25, 0.3) is 0 Å². The third-order valence-corrected chi connectivity index (χ3v) is 8.93. The Hall–Kier alpha value is -2.65. The smallest absolute Gasteiger partial charge is 0.246 e. The van der Waals surface area contributed by atoms with Crippen LogP contribution in [0.5, 0.6) is 5.75 Å². The third kappa shape index (κ3) is 4.92. The highest BCUT2D eigenvalue weighted by Gasteiger charge is 2.79. The Balaban J connectivity index is 1.75. The van der Waals surface area contributed by atoms with Crippen LogP contribution in [-0.4, -0.2) is 69.8 Å². The van der Waals surface area contributed by atoms with E-state index >= 15 is 0 Å². The molecule has 3 fully saturated rings. The van der Waals surface area contributed by atoms with Crippen molar-refractivity contribution in [3.8, 4) is 5.75 Å². The summed E-state index contributed by atoms with van der Waals surface area (Å²) in [6.45, 7) is 13.8. The van der Waals surface area contributed by atoms with E-state index in [4.69, 9.17) is 9.47 Å². The van der Waals surface area contributed by atoms with Gasteiger partial charge in [0.1, 0.15) is 17.4 Å². The zero-order valence-electron chi connectivity index (χ0n) is 24.4. The Labute approximate surface area is 232 Å². The van der Waals surface area contributed by atoms with Crippen LogP contribution in [0.2, 0.25) is 0 Å². The van der Waals surface area contributed by atoms with E-state index in [-0.39, 0.29) is 30.2 Å². The number of rotatable bonds is 10. The average molecular weight is 544 g/mol. The second-order valence-electron chi connectivity index (χ2n) is 12.4. The molecule has 9 nitrogen and oxygen atoms in total. The lowest BCUT2D eigenvalue weighted by Gasteiger charge is -2.40. The molecule has 3 amide bonds. The van der Waals surface area contributed by atoms with Gasteiger partial charge in [-0.1, -0.05) is 27.2 Å². The molecule has 0 aromatic heterocycles. The van der Waals surface area contributed by atoms with Crippen LogP contribution in [0.1, 0.15) is 74.1 Å². The number of ether oxygens (including phenoxy) is 2. The van der Waals surface area contributed by atoms with Crippen molar-refractivity contribution < 1.29 is 29.0 Å². The van der Waals surface area contributed by atoms with E-state index in [2.05, 4.69) is 10.6 Å². The minimum absolute atomic E-state index is 0.0485. The third-order valence-electron chi connectivity index (χ3n) is 8.93. The number of carbonyl (C=O) groups excluding carboxylic acids is 3. The van der Waals surface area contributed by atoms with E-state index in [9.17, 15) is 19.5 Å². The highest BCUT2D eigenvalue weighted by Crippen LogP contribution is 2.64. The molecule has 216 valence electrons. The SMILES string of the molecule is CCOc1ccc(NC(=O)[C@@H]2[C@H]3C(=O)N([C@@H](CO)[C@@H](C)CC)C(C(=O)NC(C)(C)C)C34CC[C@@]2(CC)O4)cc1. The topological polar surface area (TPSA) is 117 Å². The zero-order chi connectivity index (χ0) is 28.8.